The van der Waals surface area contributed by atoms with Gasteiger partial charge in [0.2, 0.25) is 12.3 Å². The summed E-state index contributed by atoms with van der Waals surface area (Å²) in [6.45, 7) is 3.60. The van der Waals surface area contributed by atoms with Gasteiger partial charge < -0.3 is 15.5 Å². The van der Waals surface area contributed by atoms with Crippen LogP contribution in [-0.2, 0) is 16.0 Å². The number of fused-ring (bicyclic) bond motifs is 1. The Morgan fingerprint density at radius 2 is 1.96 bits per heavy atom. The molecule has 0 saturated carbocycles. The first kappa shape index (κ1) is 18.5. The molecule has 2 unspecified atom stereocenters. The monoisotopic (exact) mass is 362 g/mol. The molecule has 2 atom stereocenters. The average molecular weight is 362 g/mol. The van der Waals surface area contributed by atoms with Crippen molar-refractivity contribution < 1.29 is 9.59 Å². The lowest BCUT2D eigenvalue weighted by Gasteiger charge is -2.39. The Balaban J connectivity index is 1.94. The summed E-state index contributed by atoms with van der Waals surface area (Å²) in [5, 5.41) is 15.0. The number of carbonyl (C=O) groups excluding carboxylic acids is 2. The van der Waals surface area contributed by atoms with Crippen LogP contribution in [0.1, 0.15) is 37.4 Å². The summed E-state index contributed by atoms with van der Waals surface area (Å²) < 4.78 is 0. The summed E-state index contributed by atoms with van der Waals surface area (Å²) >= 11 is 0. The Morgan fingerprint density at radius 1 is 1.26 bits per heavy atom. The molecule has 2 aromatic rings. The van der Waals surface area contributed by atoms with Gasteiger partial charge in [0.05, 0.1) is 18.5 Å². The first-order chi connectivity index (χ1) is 13.0. The highest BCUT2D eigenvalue weighted by molar-refractivity contribution is 5.94. The van der Waals surface area contributed by atoms with Crippen molar-refractivity contribution in [2.45, 2.75) is 38.8 Å². The second-order valence-electron chi connectivity index (χ2n) is 6.74. The van der Waals surface area contributed by atoms with Gasteiger partial charge in [-0.3, -0.25) is 9.59 Å². The number of anilines is 3. The van der Waals surface area contributed by atoms with E-state index in [2.05, 4.69) is 16.7 Å². The van der Waals surface area contributed by atoms with E-state index in [-0.39, 0.29) is 18.0 Å². The number of nitrogens with zero attached hydrogens (tertiary/aromatic N) is 2. The predicted molar refractivity (Wildman–Crippen MR) is 105 cm³/mol. The van der Waals surface area contributed by atoms with Gasteiger partial charge in [-0.05, 0) is 49.2 Å². The lowest BCUT2D eigenvalue weighted by atomic mass is 9.90. The van der Waals surface area contributed by atoms with E-state index in [1.165, 1.54) is 0 Å². The zero-order chi connectivity index (χ0) is 19.4. The van der Waals surface area contributed by atoms with Gasteiger partial charge in [0.15, 0.2) is 0 Å². The molecule has 6 heteroatoms. The van der Waals surface area contributed by atoms with Crippen molar-refractivity contribution in [2.24, 2.45) is 0 Å². The smallest absolute Gasteiger partial charge is 0.224 e. The highest BCUT2D eigenvalue weighted by Crippen LogP contribution is 2.40. The van der Waals surface area contributed by atoms with E-state index < -0.39 is 0 Å². The lowest BCUT2D eigenvalue weighted by Crippen LogP contribution is -2.43. The minimum Gasteiger partial charge on any atom is -0.378 e. The Hall–Kier alpha value is -3.33. The summed E-state index contributed by atoms with van der Waals surface area (Å²) in [6, 6.07) is 15.6. The molecule has 0 saturated heterocycles. The number of nitrogens with one attached hydrogen (secondary N) is 2. The molecule has 0 radical (unpaired) electrons. The van der Waals surface area contributed by atoms with Crippen LogP contribution in [0.2, 0.25) is 0 Å². The Kier molecular flexibility index (Phi) is 5.41. The number of rotatable bonds is 5. The van der Waals surface area contributed by atoms with Crippen LogP contribution in [-0.4, -0.2) is 18.4 Å². The predicted octanol–water partition coefficient (Wildman–Crippen LogP) is 3.62. The van der Waals surface area contributed by atoms with Crippen LogP contribution in [0.3, 0.4) is 0 Å². The van der Waals surface area contributed by atoms with E-state index in [4.69, 9.17) is 5.26 Å². The molecule has 0 aliphatic carbocycles. The number of carbonyl (C=O) groups is 2. The highest BCUT2D eigenvalue weighted by atomic mass is 16.2. The van der Waals surface area contributed by atoms with Crippen LogP contribution in [0.5, 0.6) is 0 Å². The normalized spacial score (nSPS) is 18.2. The van der Waals surface area contributed by atoms with Crippen molar-refractivity contribution in [1.29, 1.82) is 5.26 Å². The van der Waals surface area contributed by atoms with Crippen molar-refractivity contribution in [3.05, 3.63) is 53.6 Å². The zero-order valence-electron chi connectivity index (χ0n) is 15.4. The van der Waals surface area contributed by atoms with Gasteiger partial charge in [0.1, 0.15) is 0 Å². The number of hydrogen-bond acceptors (Lipinski definition) is 4. The van der Waals surface area contributed by atoms with Gasteiger partial charge in [0, 0.05) is 35.6 Å². The summed E-state index contributed by atoms with van der Waals surface area (Å²) in [4.78, 5) is 24.8. The molecule has 3 rings (SSSR count). The van der Waals surface area contributed by atoms with Crippen LogP contribution in [0.15, 0.2) is 42.5 Å². The van der Waals surface area contributed by atoms with E-state index in [0.29, 0.717) is 18.5 Å². The molecule has 0 spiro atoms. The molecule has 138 valence electrons. The topological polar surface area (TPSA) is 85.2 Å². The van der Waals surface area contributed by atoms with Gasteiger partial charge in [-0.25, -0.2) is 0 Å². The number of hydrogen-bond donors (Lipinski definition) is 2. The Bertz CT molecular complexity index is 886. The minimum absolute atomic E-state index is 0.000758. The Labute approximate surface area is 158 Å². The van der Waals surface area contributed by atoms with E-state index in [9.17, 15) is 9.59 Å². The fourth-order valence-corrected chi connectivity index (χ4v) is 3.65. The molecule has 2 N–H and O–H groups in total. The molecule has 1 aliphatic rings. The molecule has 1 aliphatic heterocycles. The third kappa shape index (κ3) is 3.93. The van der Waals surface area contributed by atoms with Crippen LogP contribution in [0, 0.1) is 11.3 Å². The number of nitriles is 1. The van der Waals surface area contributed by atoms with E-state index in [1.54, 1.807) is 17.9 Å². The number of amides is 2. The van der Waals surface area contributed by atoms with Crippen LogP contribution in [0.4, 0.5) is 17.1 Å². The zero-order valence-corrected chi connectivity index (χ0v) is 15.4. The van der Waals surface area contributed by atoms with E-state index in [0.717, 1.165) is 28.9 Å². The summed E-state index contributed by atoms with van der Waals surface area (Å²) in [5.41, 5.74) is 4.44. The quantitative estimate of drug-likeness (QED) is 0.796. The molecule has 0 aromatic heterocycles. The van der Waals surface area contributed by atoms with Crippen LogP contribution in [0.25, 0.3) is 0 Å². The molecule has 1 heterocycles. The van der Waals surface area contributed by atoms with Crippen molar-refractivity contribution in [1.82, 2.24) is 0 Å². The highest BCUT2D eigenvalue weighted by Gasteiger charge is 2.32. The van der Waals surface area contributed by atoms with Gasteiger partial charge in [-0.15, -0.1) is 0 Å². The fourth-order valence-electron chi connectivity index (χ4n) is 3.65. The van der Waals surface area contributed by atoms with Gasteiger partial charge in [0.25, 0.3) is 0 Å². The van der Waals surface area contributed by atoms with Gasteiger partial charge >= 0.3 is 0 Å². The summed E-state index contributed by atoms with van der Waals surface area (Å²) in [6.07, 6.45) is 1.78. The van der Waals surface area contributed by atoms with E-state index >= 15 is 0 Å². The second-order valence-corrected chi connectivity index (χ2v) is 6.74. The average Bonchev–Trinajstić information content (AvgIpc) is 2.64. The van der Waals surface area contributed by atoms with Crippen molar-refractivity contribution in [3.63, 3.8) is 0 Å². The molecule has 0 fully saturated rings. The molecule has 2 amide bonds. The largest absolute Gasteiger partial charge is 0.378 e. The second kappa shape index (κ2) is 7.92. The van der Waals surface area contributed by atoms with Gasteiger partial charge in [-0.1, -0.05) is 12.1 Å². The molecule has 2 aromatic carbocycles. The molecule has 27 heavy (non-hydrogen) atoms. The molecular formula is C21H22N4O2. The first-order valence-electron chi connectivity index (χ1n) is 8.90. The standard InChI is InChI=1S/C21H22N4O2/c1-14-11-20(24-17-5-3-16(4-6-17)9-10-22)19-12-18(23-13-26)7-8-21(19)25(14)15(2)27/h3-8,12-14,20,24H,9,11H2,1-2H3,(H,23,26). The first-order valence-corrected chi connectivity index (χ1v) is 8.90. The summed E-state index contributed by atoms with van der Waals surface area (Å²) in [5.74, 6) is -0.000784. The third-order valence-corrected chi connectivity index (χ3v) is 4.82. The molecular weight excluding hydrogens is 340 g/mol. The minimum atomic E-state index is -0.000784. The van der Waals surface area contributed by atoms with Crippen molar-refractivity contribution in [2.75, 3.05) is 15.5 Å². The van der Waals surface area contributed by atoms with Crippen molar-refractivity contribution in [3.8, 4) is 6.07 Å². The van der Waals surface area contributed by atoms with Crippen LogP contribution < -0.4 is 15.5 Å². The fraction of sp³-hybridized carbons (Fsp3) is 0.286. The SMILES string of the molecule is CC(=O)N1c2ccc(NC=O)cc2C(Nc2ccc(CC#N)cc2)CC1C. The summed E-state index contributed by atoms with van der Waals surface area (Å²) in [7, 11) is 0. The number of benzene rings is 2. The lowest BCUT2D eigenvalue weighted by molar-refractivity contribution is -0.117. The Morgan fingerprint density at radius 3 is 2.59 bits per heavy atom. The molecule has 0 bridgehead atoms. The maximum atomic E-state index is 12.2. The third-order valence-electron chi connectivity index (χ3n) is 4.82. The molecule has 6 nitrogen and oxygen atoms in total. The maximum absolute atomic E-state index is 12.2. The maximum Gasteiger partial charge on any atom is 0.224 e. The van der Waals surface area contributed by atoms with Crippen molar-refractivity contribution >= 4 is 29.4 Å². The van der Waals surface area contributed by atoms with Crippen LogP contribution >= 0.6 is 0 Å². The van der Waals surface area contributed by atoms with E-state index in [1.807, 2.05) is 43.3 Å². The van der Waals surface area contributed by atoms with Gasteiger partial charge in [-0.2, -0.15) is 5.26 Å².